The van der Waals surface area contributed by atoms with Crippen LogP contribution >= 0.6 is 0 Å². The number of aryl methyl sites for hydroxylation is 1. The molecule has 0 aromatic heterocycles. The lowest BCUT2D eigenvalue weighted by molar-refractivity contribution is 0.0516. The Morgan fingerprint density at radius 1 is 1.22 bits per heavy atom. The molecule has 0 aliphatic carbocycles. The minimum Gasteiger partial charge on any atom is -0.466 e. The molecule has 0 atom stereocenters. The fraction of sp³-hybridized carbons (Fsp3) is 0.267. The van der Waals surface area contributed by atoms with E-state index in [-0.39, 0.29) is 6.79 Å². The lowest BCUT2D eigenvalue weighted by atomic mass is 9.99. The average molecular weight is 244 g/mol. The summed E-state index contributed by atoms with van der Waals surface area (Å²) in [5.41, 5.74) is 1.72. The molecule has 0 spiro atoms. The van der Waals surface area contributed by atoms with E-state index >= 15 is 0 Å². The zero-order valence-electron chi connectivity index (χ0n) is 10.6. The van der Waals surface area contributed by atoms with Crippen molar-refractivity contribution in [3.8, 4) is 5.75 Å². The molecule has 94 valence electrons. The largest absolute Gasteiger partial charge is 0.466 e. The van der Waals surface area contributed by atoms with Gasteiger partial charge in [0.25, 0.3) is 0 Å². The molecule has 0 fully saturated rings. The first-order valence-electron chi connectivity index (χ1n) is 5.93. The van der Waals surface area contributed by atoms with Crippen LogP contribution in [-0.2, 0) is 11.2 Å². The highest BCUT2D eigenvalue weighted by atomic mass is 16.7. The van der Waals surface area contributed by atoms with E-state index in [4.69, 9.17) is 9.47 Å². The van der Waals surface area contributed by atoms with Crippen LogP contribution in [0.5, 0.6) is 5.75 Å². The second-order valence-electron chi connectivity index (χ2n) is 4.02. The normalized spacial score (nSPS) is 10.6. The van der Waals surface area contributed by atoms with Crippen molar-refractivity contribution in [1.29, 1.82) is 0 Å². The molecule has 18 heavy (non-hydrogen) atoms. The van der Waals surface area contributed by atoms with Crippen molar-refractivity contribution >= 4 is 17.1 Å². The summed E-state index contributed by atoms with van der Waals surface area (Å²) in [6.07, 6.45) is 1.71. The number of hydrogen-bond donors (Lipinski definition) is 0. The predicted molar refractivity (Wildman–Crippen MR) is 71.2 cm³/mol. The molecule has 0 N–H and O–H groups in total. The van der Waals surface area contributed by atoms with Gasteiger partial charge in [-0.15, -0.1) is 0 Å². The van der Waals surface area contributed by atoms with Crippen LogP contribution in [0.4, 0.5) is 0 Å². The van der Waals surface area contributed by atoms with Crippen molar-refractivity contribution in [2.45, 2.75) is 13.3 Å². The van der Waals surface area contributed by atoms with Crippen LogP contribution in [0.25, 0.3) is 10.8 Å². The molecule has 0 unspecified atom stereocenters. The number of rotatable bonds is 5. The third kappa shape index (κ3) is 2.22. The fourth-order valence-corrected chi connectivity index (χ4v) is 2.10. The van der Waals surface area contributed by atoms with Gasteiger partial charge in [-0.05, 0) is 23.4 Å². The zero-order valence-corrected chi connectivity index (χ0v) is 10.6. The van der Waals surface area contributed by atoms with Crippen LogP contribution in [0.1, 0.15) is 22.8 Å². The Morgan fingerprint density at radius 3 is 2.72 bits per heavy atom. The van der Waals surface area contributed by atoms with Crippen LogP contribution < -0.4 is 4.74 Å². The summed E-state index contributed by atoms with van der Waals surface area (Å²) in [6, 6.07) is 9.80. The summed E-state index contributed by atoms with van der Waals surface area (Å²) < 4.78 is 10.5. The Bertz CT molecular complexity index is 561. The van der Waals surface area contributed by atoms with E-state index in [0.29, 0.717) is 11.3 Å². The number of ether oxygens (including phenoxy) is 2. The van der Waals surface area contributed by atoms with Crippen molar-refractivity contribution in [1.82, 2.24) is 0 Å². The Kier molecular flexibility index (Phi) is 3.95. The molecule has 3 nitrogen and oxygen atoms in total. The van der Waals surface area contributed by atoms with Gasteiger partial charge in [-0.2, -0.15) is 0 Å². The third-order valence-corrected chi connectivity index (χ3v) is 2.94. The van der Waals surface area contributed by atoms with Crippen LogP contribution in [0.3, 0.4) is 0 Å². The Hall–Kier alpha value is -1.87. The zero-order chi connectivity index (χ0) is 13.0. The molecular formula is C15H16O3. The van der Waals surface area contributed by atoms with E-state index in [1.165, 1.54) is 5.56 Å². The maximum atomic E-state index is 11.1. The Labute approximate surface area is 106 Å². The standard InChI is InChI=1S/C15H16O3/c1-3-11-5-4-6-12-7-8-13(9-16)15(14(11)12)18-10-17-2/h4-9H,3,10H2,1-2H3. The van der Waals surface area contributed by atoms with Gasteiger partial charge in [0.1, 0.15) is 5.75 Å². The van der Waals surface area contributed by atoms with Crippen LogP contribution in [0.2, 0.25) is 0 Å². The summed E-state index contributed by atoms with van der Waals surface area (Å²) in [6.45, 7) is 2.22. The van der Waals surface area contributed by atoms with Crippen LogP contribution in [0, 0.1) is 0 Å². The van der Waals surface area contributed by atoms with Gasteiger partial charge in [0, 0.05) is 12.5 Å². The minimum absolute atomic E-state index is 0.137. The average Bonchev–Trinajstić information content (AvgIpc) is 2.43. The first-order valence-corrected chi connectivity index (χ1v) is 5.93. The number of aldehydes is 1. The van der Waals surface area contributed by atoms with Gasteiger partial charge in [-0.3, -0.25) is 4.79 Å². The first-order chi connectivity index (χ1) is 8.81. The molecule has 0 aliphatic heterocycles. The summed E-state index contributed by atoms with van der Waals surface area (Å²) in [7, 11) is 1.56. The summed E-state index contributed by atoms with van der Waals surface area (Å²) >= 11 is 0. The SMILES string of the molecule is CCc1cccc2ccc(C=O)c(OCOC)c12. The van der Waals surface area contributed by atoms with Crippen molar-refractivity contribution < 1.29 is 14.3 Å². The number of fused-ring (bicyclic) bond motifs is 1. The van der Waals surface area contributed by atoms with Crippen molar-refractivity contribution in [2.24, 2.45) is 0 Å². The smallest absolute Gasteiger partial charge is 0.188 e. The molecule has 2 rings (SSSR count). The van der Waals surface area contributed by atoms with E-state index in [9.17, 15) is 4.79 Å². The molecule has 2 aromatic rings. The molecule has 0 aliphatic rings. The topological polar surface area (TPSA) is 35.5 Å². The molecule has 0 radical (unpaired) electrons. The molecule has 0 saturated heterocycles. The number of carbonyl (C=O) groups is 1. The number of hydrogen-bond acceptors (Lipinski definition) is 3. The summed E-state index contributed by atoms with van der Waals surface area (Å²) in [5, 5.41) is 2.08. The quantitative estimate of drug-likeness (QED) is 0.598. The van der Waals surface area contributed by atoms with Crippen molar-refractivity contribution in [2.75, 3.05) is 13.9 Å². The van der Waals surface area contributed by atoms with Crippen LogP contribution in [-0.4, -0.2) is 20.2 Å². The highest BCUT2D eigenvalue weighted by Crippen LogP contribution is 2.32. The van der Waals surface area contributed by atoms with E-state index in [1.807, 2.05) is 18.2 Å². The number of carbonyl (C=O) groups excluding carboxylic acids is 1. The van der Waals surface area contributed by atoms with Gasteiger partial charge in [-0.1, -0.05) is 31.2 Å². The van der Waals surface area contributed by atoms with Crippen molar-refractivity contribution in [3.05, 3.63) is 41.5 Å². The van der Waals surface area contributed by atoms with Gasteiger partial charge in [-0.25, -0.2) is 0 Å². The number of benzene rings is 2. The molecule has 0 amide bonds. The Morgan fingerprint density at radius 2 is 2.06 bits per heavy atom. The first kappa shape index (κ1) is 12.6. The maximum absolute atomic E-state index is 11.1. The van der Waals surface area contributed by atoms with Gasteiger partial charge in [0.15, 0.2) is 13.1 Å². The molecule has 0 saturated carbocycles. The summed E-state index contributed by atoms with van der Waals surface area (Å²) in [4.78, 5) is 11.1. The highest BCUT2D eigenvalue weighted by Gasteiger charge is 2.11. The molecule has 0 bridgehead atoms. The second-order valence-corrected chi connectivity index (χ2v) is 4.02. The highest BCUT2D eigenvalue weighted by molar-refractivity contribution is 5.98. The van der Waals surface area contributed by atoms with Gasteiger partial charge in [0.05, 0.1) is 5.56 Å². The van der Waals surface area contributed by atoms with E-state index < -0.39 is 0 Å². The number of methoxy groups -OCH3 is 1. The lowest BCUT2D eigenvalue weighted by Gasteiger charge is -2.13. The molecule has 0 heterocycles. The minimum atomic E-state index is 0.137. The molecule has 3 heteroatoms. The second kappa shape index (κ2) is 5.65. The van der Waals surface area contributed by atoms with Gasteiger partial charge < -0.3 is 9.47 Å². The fourth-order valence-electron chi connectivity index (χ4n) is 2.10. The third-order valence-electron chi connectivity index (χ3n) is 2.94. The predicted octanol–water partition coefficient (Wildman–Crippen LogP) is 3.20. The van der Waals surface area contributed by atoms with Crippen molar-refractivity contribution in [3.63, 3.8) is 0 Å². The molecule has 2 aromatic carbocycles. The summed E-state index contributed by atoms with van der Waals surface area (Å²) in [5.74, 6) is 0.613. The van der Waals surface area contributed by atoms with Crippen LogP contribution in [0.15, 0.2) is 30.3 Å². The van der Waals surface area contributed by atoms with Gasteiger partial charge in [0.2, 0.25) is 0 Å². The van der Waals surface area contributed by atoms with Gasteiger partial charge >= 0.3 is 0 Å². The van der Waals surface area contributed by atoms with E-state index in [1.54, 1.807) is 13.2 Å². The maximum Gasteiger partial charge on any atom is 0.188 e. The monoisotopic (exact) mass is 244 g/mol. The Balaban J connectivity index is 2.69. The van der Waals surface area contributed by atoms with E-state index in [2.05, 4.69) is 13.0 Å². The molecular weight excluding hydrogens is 228 g/mol. The van der Waals surface area contributed by atoms with E-state index in [0.717, 1.165) is 23.5 Å². The lowest BCUT2D eigenvalue weighted by Crippen LogP contribution is -2.03.